The van der Waals surface area contributed by atoms with E-state index in [1.165, 1.54) is 18.4 Å². The SMILES string of the molecule is CCCC(C)(CNCC)CN(C)Cc1ccncc1. The summed E-state index contributed by atoms with van der Waals surface area (Å²) in [7, 11) is 2.21. The fraction of sp³-hybridized carbons (Fsp3) is 0.688. The molecular formula is C16H29N3. The molecule has 1 aromatic heterocycles. The molecule has 0 aliphatic rings. The molecule has 1 atom stereocenters. The van der Waals surface area contributed by atoms with E-state index in [4.69, 9.17) is 0 Å². The van der Waals surface area contributed by atoms with Crippen molar-refractivity contribution >= 4 is 0 Å². The van der Waals surface area contributed by atoms with Gasteiger partial charge in [-0.2, -0.15) is 0 Å². The van der Waals surface area contributed by atoms with Crippen LogP contribution >= 0.6 is 0 Å². The fourth-order valence-electron chi connectivity index (χ4n) is 2.76. The standard InChI is InChI=1S/C16H29N3/c1-5-9-16(3,13-17-6-2)14-19(4)12-15-7-10-18-11-8-15/h7-8,10-11,17H,5-6,9,12-14H2,1-4H3. The number of aromatic nitrogens is 1. The quantitative estimate of drug-likeness (QED) is 0.742. The number of nitrogens with one attached hydrogen (secondary N) is 1. The molecule has 0 bridgehead atoms. The highest BCUT2D eigenvalue weighted by molar-refractivity contribution is 5.09. The van der Waals surface area contributed by atoms with E-state index in [-0.39, 0.29) is 0 Å². The van der Waals surface area contributed by atoms with Crippen LogP contribution in [-0.4, -0.2) is 36.6 Å². The highest BCUT2D eigenvalue weighted by Crippen LogP contribution is 2.24. The average molecular weight is 263 g/mol. The van der Waals surface area contributed by atoms with Crippen LogP contribution < -0.4 is 5.32 Å². The van der Waals surface area contributed by atoms with Crippen molar-refractivity contribution in [2.24, 2.45) is 5.41 Å². The van der Waals surface area contributed by atoms with E-state index >= 15 is 0 Å². The molecule has 0 aliphatic heterocycles. The molecular weight excluding hydrogens is 234 g/mol. The van der Waals surface area contributed by atoms with Crippen LogP contribution in [0.25, 0.3) is 0 Å². The molecule has 0 spiro atoms. The molecule has 1 N–H and O–H groups in total. The van der Waals surface area contributed by atoms with E-state index in [0.717, 1.165) is 26.2 Å². The lowest BCUT2D eigenvalue weighted by Crippen LogP contribution is -2.40. The van der Waals surface area contributed by atoms with Crippen LogP contribution in [0.2, 0.25) is 0 Å². The Kier molecular flexibility index (Phi) is 7.03. The summed E-state index contributed by atoms with van der Waals surface area (Å²) in [6.07, 6.45) is 6.24. The lowest BCUT2D eigenvalue weighted by atomic mass is 9.84. The second kappa shape index (κ2) is 8.28. The van der Waals surface area contributed by atoms with E-state index in [9.17, 15) is 0 Å². The first-order chi connectivity index (χ1) is 9.09. The first-order valence-electron chi connectivity index (χ1n) is 7.38. The molecule has 1 rings (SSSR count). The Bertz CT molecular complexity index is 339. The maximum absolute atomic E-state index is 4.07. The predicted molar refractivity (Wildman–Crippen MR) is 82.1 cm³/mol. The molecule has 0 aliphatic carbocycles. The summed E-state index contributed by atoms with van der Waals surface area (Å²) < 4.78 is 0. The fourth-order valence-corrected chi connectivity index (χ4v) is 2.76. The Hall–Kier alpha value is -0.930. The van der Waals surface area contributed by atoms with Gasteiger partial charge in [-0.15, -0.1) is 0 Å². The maximum Gasteiger partial charge on any atom is 0.0271 e. The molecule has 0 saturated carbocycles. The zero-order chi connectivity index (χ0) is 14.1. The lowest BCUT2D eigenvalue weighted by Gasteiger charge is -2.34. The van der Waals surface area contributed by atoms with Gasteiger partial charge in [-0.25, -0.2) is 0 Å². The monoisotopic (exact) mass is 263 g/mol. The minimum absolute atomic E-state index is 0.354. The number of nitrogens with zero attached hydrogens (tertiary/aromatic N) is 2. The third kappa shape index (κ3) is 6.17. The summed E-state index contributed by atoms with van der Waals surface area (Å²) in [4.78, 5) is 6.49. The van der Waals surface area contributed by atoms with Gasteiger partial charge in [0.2, 0.25) is 0 Å². The minimum atomic E-state index is 0.354. The van der Waals surface area contributed by atoms with Crippen molar-refractivity contribution in [3.8, 4) is 0 Å². The maximum atomic E-state index is 4.07. The first-order valence-corrected chi connectivity index (χ1v) is 7.38. The van der Waals surface area contributed by atoms with Crippen LogP contribution in [0.5, 0.6) is 0 Å². The van der Waals surface area contributed by atoms with Crippen LogP contribution in [0.15, 0.2) is 24.5 Å². The van der Waals surface area contributed by atoms with Gasteiger partial charge in [0.25, 0.3) is 0 Å². The third-order valence-electron chi connectivity index (χ3n) is 3.51. The van der Waals surface area contributed by atoms with Crippen molar-refractivity contribution in [3.05, 3.63) is 30.1 Å². The summed E-state index contributed by atoms with van der Waals surface area (Å²) in [5, 5.41) is 3.51. The van der Waals surface area contributed by atoms with Crippen molar-refractivity contribution in [2.75, 3.05) is 26.7 Å². The number of hydrogen-bond acceptors (Lipinski definition) is 3. The summed E-state index contributed by atoms with van der Waals surface area (Å²) in [6, 6.07) is 4.19. The van der Waals surface area contributed by atoms with Crippen molar-refractivity contribution in [3.63, 3.8) is 0 Å². The highest BCUT2D eigenvalue weighted by Gasteiger charge is 2.24. The van der Waals surface area contributed by atoms with E-state index in [1.54, 1.807) is 0 Å². The molecule has 3 nitrogen and oxygen atoms in total. The molecule has 1 heterocycles. The first kappa shape index (κ1) is 16.1. The Labute approximate surface area is 118 Å². The smallest absolute Gasteiger partial charge is 0.0271 e. The van der Waals surface area contributed by atoms with Crippen LogP contribution in [-0.2, 0) is 6.54 Å². The van der Waals surface area contributed by atoms with Gasteiger partial charge >= 0.3 is 0 Å². The summed E-state index contributed by atoms with van der Waals surface area (Å²) in [5.41, 5.74) is 1.69. The molecule has 108 valence electrons. The molecule has 3 heteroatoms. The Morgan fingerprint density at radius 3 is 2.53 bits per heavy atom. The molecule has 1 aromatic rings. The van der Waals surface area contributed by atoms with Crippen LogP contribution in [0.3, 0.4) is 0 Å². The Morgan fingerprint density at radius 2 is 1.95 bits per heavy atom. The van der Waals surface area contributed by atoms with Crippen molar-refractivity contribution in [2.45, 2.75) is 40.2 Å². The van der Waals surface area contributed by atoms with Gasteiger partial charge in [0.15, 0.2) is 0 Å². The van der Waals surface area contributed by atoms with Crippen molar-refractivity contribution in [1.29, 1.82) is 0 Å². The number of hydrogen-bond donors (Lipinski definition) is 1. The average Bonchev–Trinajstić information content (AvgIpc) is 2.37. The second-order valence-corrected chi connectivity index (χ2v) is 5.87. The number of pyridine rings is 1. The van der Waals surface area contributed by atoms with Gasteiger partial charge in [0, 0.05) is 32.0 Å². The van der Waals surface area contributed by atoms with Gasteiger partial charge in [-0.1, -0.05) is 27.2 Å². The van der Waals surface area contributed by atoms with Crippen molar-refractivity contribution < 1.29 is 0 Å². The normalized spacial score (nSPS) is 14.6. The zero-order valence-corrected chi connectivity index (χ0v) is 12.9. The van der Waals surface area contributed by atoms with Crippen LogP contribution in [0, 0.1) is 5.41 Å². The molecule has 0 radical (unpaired) electrons. The highest BCUT2D eigenvalue weighted by atomic mass is 15.1. The summed E-state index contributed by atoms with van der Waals surface area (Å²) in [5.74, 6) is 0. The molecule has 19 heavy (non-hydrogen) atoms. The molecule has 0 aromatic carbocycles. The summed E-state index contributed by atoms with van der Waals surface area (Å²) in [6.45, 7) is 11.1. The Balaban J connectivity index is 2.53. The number of rotatable bonds is 9. The van der Waals surface area contributed by atoms with Gasteiger partial charge in [0.05, 0.1) is 0 Å². The Morgan fingerprint density at radius 1 is 1.26 bits per heavy atom. The van der Waals surface area contributed by atoms with E-state index < -0.39 is 0 Å². The largest absolute Gasteiger partial charge is 0.316 e. The van der Waals surface area contributed by atoms with Gasteiger partial charge < -0.3 is 10.2 Å². The van der Waals surface area contributed by atoms with E-state index in [1.807, 2.05) is 12.4 Å². The molecule has 0 fully saturated rings. The van der Waals surface area contributed by atoms with Crippen LogP contribution in [0.1, 0.15) is 39.2 Å². The van der Waals surface area contributed by atoms with Gasteiger partial charge in [-0.05, 0) is 43.1 Å². The predicted octanol–water partition coefficient (Wildman–Crippen LogP) is 2.93. The lowest BCUT2D eigenvalue weighted by molar-refractivity contribution is 0.169. The van der Waals surface area contributed by atoms with Gasteiger partial charge in [0.1, 0.15) is 0 Å². The van der Waals surface area contributed by atoms with Gasteiger partial charge in [-0.3, -0.25) is 4.98 Å². The third-order valence-corrected chi connectivity index (χ3v) is 3.51. The van der Waals surface area contributed by atoms with E-state index in [2.05, 4.69) is 55.2 Å². The second-order valence-electron chi connectivity index (χ2n) is 5.87. The minimum Gasteiger partial charge on any atom is -0.316 e. The topological polar surface area (TPSA) is 28.2 Å². The van der Waals surface area contributed by atoms with Crippen LogP contribution in [0.4, 0.5) is 0 Å². The van der Waals surface area contributed by atoms with E-state index in [0.29, 0.717) is 5.41 Å². The van der Waals surface area contributed by atoms with Crippen molar-refractivity contribution in [1.82, 2.24) is 15.2 Å². The zero-order valence-electron chi connectivity index (χ0n) is 12.9. The molecule has 1 unspecified atom stereocenters. The molecule has 0 amide bonds. The summed E-state index contributed by atoms with van der Waals surface area (Å²) >= 11 is 0. The molecule has 0 saturated heterocycles.